The fraction of sp³-hybridized carbons (Fsp3) is 0.333. The van der Waals surface area contributed by atoms with Gasteiger partial charge in [0.1, 0.15) is 0 Å². The van der Waals surface area contributed by atoms with Crippen LogP contribution < -0.4 is 11.5 Å². The molecule has 66 valence electrons. The zero-order chi connectivity index (χ0) is 9.14. The van der Waals surface area contributed by atoms with Crippen LogP contribution in [0.3, 0.4) is 0 Å². The van der Waals surface area contributed by atoms with Crippen molar-refractivity contribution in [3.63, 3.8) is 0 Å². The van der Waals surface area contributed by atoms with E-state index in [-0.39, 0.29) is 24.0 Å². The number of carbonyl (C=O) groups excluding carboxylic acids is 1. The molecule has 1 aromatic rings. The number of anilines is 1. The summed E-state index contributed by atoms with van der Waals surface area (Å²) in [6, 6.07) is -0.0872. The average Bonchev–Trinajstić information content (AvgIpc) is 2.45. The lowest BCUT2D eigenvalue weighted by molar-refractivity contribution is 0.0592. The highest BCUT2D eigenvalue weighted by Gasteiger charge is 2.17. The molecule has 4 N–H and O–H groups in total. The summed E-state index contributed by atoms with van der Waals surface area (Å²) >= 11 is 0. The van der Waals surface area contributed by atoms with Crippen molar-refractivity contribution in [2.75, 3.05) is 12.8 Å². The van der Waals surface area contributed by atoms with Crippen molar-refractivity contribution in [3.8, 4) is 0 Å². The van der Waals surface area contributed by atoms with E-state index in [2.05, 4.69) is 9.72 Å². The van der Waals surface area contributed by atoms with Crippen LogP contribution in [0.5, 0.6) is 0 Å². The van der Waals surface area contributed by atoms with Crippen LogP contribution in [0.2, 0.25) is 0 Å². The SMILES string of the molecule is COC(=O)c1nc(N)oc1CN. The molecule has 0 amide bonds. The minimum atomic E-state index is -0.601. The van der Waals surface area contributed by atoms with Gasteiger partial charge >= 0.3 is 5.97 Å². The summed E-state index contributed by atoms with van der Waals surface area (Å²) in [6.45, 7) is 0.0641. The first-order chi connectivity index (χ1) is 5.69. The molecule has 1 rings (SSSR count). The van der Waals surface area contributed by atoms with Crippen LogP contribution >= 0.6 is 0 Å². The lowest BCUT2D eigenvalue weighted by Crippen LogP contribution is -2.07. The van der Waals surface area contributed by atoms with Gasteiger partial charge in [-0.15, -0.1) is 0 Å². The molecule has 0 fully saturated rings. The maximum Gasteiger partial charge on any atom is 0.360 e. The summed E-state index contributed by atoms with van der Waals surface area (Å²) in [5.41, 5.74) is 10.5. The van der Waals surface area contributed by atoms with Gasteiger partial charge in [0.2, 0.25) is 0 Å². The third-order valence-electron chi connectivity index (χ3n) is 1.28. The summed E-state index contributed by atoms with van der Waals surface area (Å²) in [7, 11) is 1.24. The molecule has 12 heavy (non-hydrogen) atoms. The number of rotatable bonds is 2. The zero-order valence-electron chi connectivity index (χ0n) is 6.53. The van der Waals surface area contributed by atoms with Crippen molar-refractivity contribution >= 4 is 12.0 Å². The van der Waals surface area contributed by atoms with Crippen LogP contribution in [0.1, 0.15) is 16.2 Å². The van der Waals surface area contributed by atoms with Crippen molar-refractivity contribution in [3.05, 3.63) is 11.5 Å². The monoisotopic (exact) mass is 171 g/mol. The summed E-state index contributed by atoms with van der Waals surface area (Å²) in [6.07, 6.45) is 0. The van der Waals surface area contributed by atoms with E-state index in [1.54, 1.807) is 0 Å². The van der Waals surface area contributed by atoms with Crippen molar-refractivity contribution < 1.29 is 13.9 Å². The minimum Gasteiger partial charge on any atom is -0.464 e. The van der Waals surface area contributed by atoms with Gasteiger partial charge in [-0.3, -0.25) is 0 Å². The average molecular weight is 171 g/mol. The Bertz CT molecular complexity index is 294. The number of esters is 1. The Kier molecular flexibility index (Phi) is 2.29. The molecule has 0 aliphatic rings. The summed E-state index contributed by atoms with van der Waals surface area (Å²) < 4.78 is 9.25. The number of aromatic nitrogens is 1. The molecule has 0 atom stereocenters. The van der Waals surface area contributed by atoms with E-state index in [1.165, 1.54) is 7.11 Å². The van der Waals surface area contributed by atoms with Crippen LogP contribution in [0.15, 0.2) is 4.42 Å². The normalized spacial score (nSPS) is 9.83. The van der Waals surface area contributed by atoms with Crippen molar-refractivity contribution in [1.82, 2.24) is 4.98 Å². The number of oxazole rings is 1. The Morgan fingerprint density at radius 1 is 1.75 bits per heavy atom. The molecule has 1 heterocycles. The van der Waals surface area contributed by atoms with E-state index in [9.17, 15) is 4.79 Å². The van der Waals surface area contributed by atoms with Crippen molar-refractivity contribution in [1.29, 1.82) is 0 Å². The maximum absolute atomic E-state index is 11.0. The fourth-order valence-electron chi connectivity index (χ4n) is 0.764. The molecule has 0 spiro atoms. The maximum atomic E-state index is 11.0. The van der Waals surface area contributed by atoms with E-state index in [0.29, 0.717) is 0 Å². The molecule has 0 bridgehead atoms. The Labute approximate surface area is 68.5 Å². The number of methoxy groups -OCH3 is 1. The highest BCUT2D eigenvalue weighted by Crippen LogP contribution is 2.12. The number of carbonyl (C=O) groups is 1. The van der Waals surface area contributed by atoms with Gasteiger partial charge in [0, 0.05) is 0 Å². The van der Waals surface area contributed by atoms with E-state index < -0.39 is 5.97 Å². The number of ether oxygens (including phenoxy) is 1. The fourth-order valence-corrected chi connectivity index (χ4v) is 0.764. The molecule has 0 saturated heterocycles. The van der Waals surface area contributed by atoms with Gasteiger partial charge in [0.05, 0.1) is 13.7 Å². The second kappa shape index (κ2) is 3.22. The second-order valence-corrected chi connectivity index (χ2v) is 2.02. The lowest BCUT2D eigenvalue weighted by atomic mass is 10.3. The molecule has 0 aliphatic heterocycles. The predicted molar refractivity (Wildman–Crippen MR) is 40.1 cm³/mol. The summed E-state index contributed by atoms with van der Waals surface area (Å²) in [5.74, 6) is -0.366. The minimum absolute atomic E-state index is 0.0394. The summed E-state index contributed by atoms with van der Waals surface area (Å²) in [4.78, 5) is 14.6. The quantitative estimate of drug-likeness (QED) is 0.581. The highest BCUT2D eigenvalue weighted by molar-refractivity contribution is 5.88. The summed E-state index contributed by atoms with van der Waals surface area (Å²) in [5, 5.41) is 0. The number of hydrogen-bond donors (Lipinski definition) is 2. The van der Waals surface area contributed by atoms with Gasteiger partial charge in [0.25, 0.3) is 6.01 Å². The first-order valence-corrected chi connectivity index (χ1v) is 3.22. The lowest BCUT2D eigenvalue weighted by Gasteiger charge is -1.94. The van der Waals surface area contributed by atoms with Gasteiger partial charge in [-0.25, -0.2) is 4.79 Å². The predicted octanol–water partition coefficient (Wildman–Crippen LogP) is -0.498. The number of hydrogen-bond acceptors (Lipinski definition) is 6. The first-order valence-electron chi connectivity index (χ1n) is 3.22. The molecule has 0 aliphatic carbocycles. The van der Waals surface area contributed by atoms with E-state index in [4.69, 9.17) is 15.9 Å². The number of nitrogens with zero attached hydrogens (tertiary/aromatic N) is 1. The van der Waals surface area contributed by atoms with Gasteiger partial charge in [-0.1, -0.05) is 0 Å². The van der Waals surface area contributed by atoms with Crippen LogP contribution in [0.25, 0.3) is 0 Å². The van der Waals surface area contributed by atoms with Gasteiger partial charge in [-0.2, -0.15) is 4.98 Å². The topological polar surface area (TPSA) is 104 Å². The van der Waals surface area contributed by atoms with Crippen LogP contribution in [-0.4, -0.2) is 18.1 Å². The molecule has 6 nitrogen and oxygen atoms in total. The van der Waals surface area contributed by atoms with Crippen LogP contribution in [0, 0.1) is 0 Å². The Balaban J connectivity index is 3.04. The van der Waals surface area contributed by atoms with Gasteiger partial charge < -0.3 is 20.6 Å². The van der Waals surface area contributed by atoms with E-state index in [1.807, 2.05) is 0 Å². The van der Waals surface area contributed by atoms with Crippen molar-refractivity contribution in [2.45, 2.75) is 6.54 Å². The molecule has 1 aromatic heterocycles. The molecule has 0 saturated carbocycles. The zero-order valence-corrected chi connectivity index (χ0v) is 6.53. The standard InChI is InChI=1S/C6H9N3O3/c1-11-5(10)4-3(2-7)12-6(8)9-4/h2,7H2,1H3,(H2,8,9). The third-order valence-corrected chi connectivity index (χ3v) is 1.28. The Hall–Kier alpha value is -1.56. The third kappa shape index (κ3) is 1.37. The molecule has 6 heteroatoms. The molecule has 0 radical (unpaired) electrons. The molecule has 0 unspecified atom stereocenters. The van der Waals surface area contributed by atoms with Crippen molar-refractivity contribution in [2.24, 2.45) is 5.73 Å². The number of nitrogens with two attached hydrogens (primary N) is 2. The Morgan fingerprint density at radius 2 is 2.42 bits per heavy atom. The van der Waals surface area contributed by atoms with E-state index >= 15 is 0 Å². The first kappa shape index (κ1) is 8.54. The highest BCUT2D eigenvalue weighted by atomic mass is 16.5. The van der Waals surface area contributed by atoms with Crippen LogP contribution in [0.4, 0.5) is 6.01 Å². The van der Waals surface area contributed by atoms with Crippen LogP contribution in [-0.2, 0) is 11.3 Å². The Morgan fingerprint density at radius 3 is 2.92 bits per heavy atom. The van der Waals surface area contributed by atoms with Gasteiger partial charge in [-0.05, 0) is 0 Å². The number of nitrogen functional groups attached to an aromatic ring is 1. The van der Waals surface area contributed by atoms with E-state index in [0.717, 1.165) is 0 Å². The van der Waals surface area contributed by atoms with Gasteiger partial charge in [0.15, 0.2) is 11.5 Å². The largest absolute Gasteiger partial charge is 0.464 e. The molecular weight excluding hydrogens is 162 g/mol. The smallest absolute Gasteiger partial charge is 0.360 e. The molecular formula is C6H9N3O3. The molecule has 0 aromatic carbocycles. The second-order valence-electron chi connectivity index (χ2n) is 2.02.